The summed E-state index contributed by atoms with van der Waals surface area (Å²) >= 11 is 0. The molecule has 0 amide bonds. The predicted molar refractivity (Wildman–Crippen MR) is 46.6 cm³/mol. The summed E-state index contributed by atoms with van der Waals surface area (Å²) in [7, 11) is 0. The molecule has 0 aromatic rings. The average molecular weight is 172 g/mol. The maximum Gasteiger partial charge on any atom is 0.311 e. The summed E-state index contributed by atoms with van der Waals surface area (Å²) in [5.74, 6) is -0.928. The van der Waals surface area contributed by atoms with Crippen LogP contribution >= 0.6 is 0 Å². The molecule has 0 radical (unpaired) electrons. The normalized spacial score (nSPS) is 15.4. The van der Waals surface area contributed by atoms with Crippen molar-refractivity contribution in [1.29, 1.82) is 0 Å². The van der Waals surface area contributed by atoms with E-state index in [4.69, 9.17) is 4.74 Å². The Morgan fingerprint density at radius 2 is 2.00 bits per heavy atom. The summed E-state index contributed by atoms with van der Waals surface area (Å²) in [6.45, 7) is 8.53. The minimum Gasteiger partial charge on any atom is -0.463 e. The quantitative estimate of drug-likeness (QED) is 0.510. The van der Waals surface area contributed by atoms with Crippen LogP contribution in [0.3, 0.4) is 0 Å². The largest absolute Gasteiger partial charge is 0.463 e. The van der Waals surface area contributed by atoms with Crippen molar-refractivity contribution < 1.29 is 14.6 Å². The third kappa shape index (κ3) is 3.53. The highest BCUT2D eigenvalue weighted by Gasteiger charge is 2.21. The molecule has 70 valence electrons. The smallest absolute Gasteiger partial charge is 0.311 e. The van der Waals surface area contributed by atoms with E-state index >= 15 is 0 Å². The number of esters is 1. The number of carbonyl (C=O) groups excluding carboxylic acids is 1. The van der Waals surface area contributed by atoms with E-state index in [-0.39, 0.29) is 6.10 Å². The van der Waals surface area contributed by atoms with E-state index in [1.165, 1.54) is 6.08 Å². The van der Waals surface area contributed by atoms with E-state index in [0.717, 1.165) is 0 Å². The average Bonchev–Trinajstić information content (AvgIpc) is 2.00. The van der Waals surface area contributed by atoms with Crippen molar-refractivity contribution >= 4 is 5.97 Å². The number of aliphatic hydroxyl groups excluding tert-OH is 1. The van der Waals surface area contributed by atoms with Crippen LogP contribution in [0.15, 0.2) is 12.7 Å². The predicted octanol–water partition coefficient (Wildman–Crippen LogP) is 1.12. The second-order valence-electron chi connectivity index (χ2n) is 3.00. The lowest BCUT2D eigenvalue weighted by Crippen LogP contribution is -2.27. The third-order valence-electron chi connectivity index (χ3n) is 1.48. The standard InChI is InChI=1S/C9H16O3/c1-5-8(10)7(4)9(11)12-6(2)3/h5-8,10H,1H2,2-4H3/t7-,8+/m1/s1. The van der Waals surface area contributed by atoms with Crippen LogP contribution in [0.5, 0.6) is 0 Å². The van der Waals surface area contributed by atoms with Gasteiger partial charge in [-0.1, -0.05) is 6.08 Å². The topological polar surface area (TPSA) is 46.5 Å². The molecular formula is C9H16O3. The first-order valence-electron chi connectivity index (χ1n) is 4.00. The van der Waals surface area contributed by atoms with E-state index < -0.39 is 18.0 Å². The molecule has 0 fully saturated rings. The van der Waals surface area contributed by atoms with Crippen LogP contribution in [-0.4, -0.2) is 23.3 Å². The molecule has 2 atom stereocenters. The van der Waals surface area contributed by atoms with Gasteiger partial charge < -0.3 is 9.84 Å². The van der Waals surface area contributed by atoms with Crippen molar-refractivity contribution in [3.8, 4) is 0 Å². The fourth-order valence-electron chi connectivity index (χ4n) is 0.683. The molecule has 3 heteroatoms. The molecule has 0 saturated carbocycles. The lowest BCUT2D eigenvalue weighted by Gasteiger charge is -2.15. The molecule has 0 spiro atoms. The number of ether oxygens (including phenoxy) is 1. The van der Waals surface area contributed by atoms with Crippen molar-refractivity contribution in [1.82, 2.24) is 0 Å². The van der Waals surface area contributed by atoms with E-state index in [1.54, 1.807) is 20.8 Å². The van der Waals surface area contributed by atoms with Crippen molar-refractivity contribution in [3.05, 3.63) is 12.7 Å². The summed E-state index contributed by atoms with van der Waals surface area (Å²) in [5, 5.41) is 9.19. The van der Waals surface area contributed by atoms with Crippen LogP contribution in [0.1, 0.15) is 20.8 Å². The van der Waals surface area contributed by atoms with Gasteiger partial charge in [-0.15, -0.1) is 6.58 Å². The van der Waals surface area contributed by atoms with Gasteiger partial charge in [0.05, 0.1) is 18.1 Å². The van der Waals surface area contributed by atoms with Crippen LogP contribution in [-0.2, 0) is 9.53 Å². The number of aliphatic hydroxyl groups is 1. The zero-order chi connectivity index (χ0) is 9.72. The third-order valence-corrected chi connectivity index (χ3v) is 1.48. The Morgan fingerprint density at radius 3 is 2.33 bits per heavy atom. The molecule has 0 saturated heterocycles. The maximum atomic E-state index is 11.1. The minimum atomic E-state index is -0.823. The molecule has 1 N–H and O–H groups in total. The van der Waals surface area contributed by atoms with E-state index in [1.807, 2.05) is 0 Å². The molecule has 12 heavy (non-hydrogen) atoms. The van der Waals surface area contributed by atoms with Crippen LogP contribution in [0.25, 0.3) is 0 Å². The van der Waals surface area contributed by atoms with Gasteiger partial charge in [-0.25, -0.2) is 0 Å². The summed E-state index contributed by atoms with van der Waals surface area (Å²) in [6, 6.07) is 0. The SMILES string of the molecule is C=C[C@H](O)[C@@H](C)C(=O)OC(C)C. The van der Waals surface area contributed by atoms with Crippen molar-refractivity contribution in [2.45, 2.75) is 33.0 Å². The van der Waals surface area contributed by atoms with E-state index in [2.05, 4.69) is 6.58 Å². The van der Waals surface area contributed by atoms with Crippen molar-refractivity contribution in [3.63, 3.8) is 0 Å². The summed E-state index contributed by atoms with van der Waals surface area (Å²) < 4.78 is 4.89. The van der Waals surface area contributed by atoms with E-state index in [0.29, 0.717) is 0 Å². The lowest BCUT2D eigenvalue weighted by molar-refractivity contribution is -0.154. The summed E-state index contributed by atoms with van der Waals surface area (Å²) in [4.78, 5) is 11.1. The maximum absolute atomic E-state index is 11.1. The van der Waals surface area contributed by atoms with E-state index in [9.17, 15) is 9.90 Å². The molecule has 0 bridgehead atoms. The molecule has 0 aromatic carbocycles. The summed E-state index contributed by atoms with van der Waals surface area (Å²) in [5.41, 5.74) is 0. The van der Waals surface area contributed by atoms with Gasteiger partial charge in [0, 0.05) is 0 Å². The number of hydrogen-bond donors (Lipinski definition) is 1. The second-order valence-corrected chi connectivity index (χ2v) is 3.00. The van der Waals surface area contributed by atoms with Gasteiger partial charge in [-0.3, -0.25) is 4.79 Å². The molecule has 0 aliphatic heterocycles. The zero-order valence-electron chi connectivity index (χ0n) is 7.78. The molecular weight excluding hydrogens is 156 g/mol. The fourth-order valence-corrected chi connectivity index (χ4v) is 0.683. The summed E-state index contributed by atoms with van der Waals surface area (Å²) in [6.07, 6.45) is 0.361. The number of carbonyl (C=O) groups is 1. The first-order valence-corrected chi connectivity index (χ1v) is 4.00. The van der Waals surface area contributed by atoms with Crippen molar-refractivity contribution in [2.75, 3.05) is 0 Å². The molecule has 0 aliphatic carbocycles. The highest BCUT2D eigenvalue weighted by Crippen LogP contribution is 2.07. The number of hydrogen-bond acceptors (Lipinski definition) is 3. The first kappa shape index (κ1) is 11.2. The van der Waals surface area contributed by atoms with Gasteiger partial charge in [0.15, 0.2) is 0 Å². The van der Waals surface area contributed by atoms with Crippen LogP contribution in [0.2, 0.25) is 0 Å². The Balaban J connectivity index is 4.00. The molecule has 0 unspecified atom stereocenters. The Hall–Kier alpha value is -0.830. The lowest BCUT2D eigenvalue weighted by atomic mass is 10.1. The van der Waals surface area contributed by atoms with Gasteiger partial charge in [-0.05, 0) is 20.8 Å². The fraction of sp³-hybridized carbons (Fsp3) is 0.667. The second kappa shape index (κ2) is 4.93. The molecule has 3 nitrogen and oxygen atoms in total. The zero-order valence-corrected chi connectivity index (χ0v) is 7.78. The Labute approximate surface area is 73.0 Å². The molecule has 0 heterocycles. The minimum absolute atomic E-state index is 0.142. The van der Waals surface area contributed by atoms with Gasteiger partial charge >= 0.3 is 5.97 Å². The Kier molecular flexibility index (Phi) is 4.59. The monoisotopic (exact) mass is 172 g/mol. The van der Waals surface area contributed by atoms with Crippen LogP contribution < -0.4 is 0 Å². The first-order chi connectivity index (χ1) is 5.49. The Morgan fingerprint density at radius 1 is 1.50 bits per heavy atom. The van der Waals surface area contributed by atoms with Gasteiger partial charge in [0.25, 0.3) is 0 Å². The van der Waals surface area contributed by atoms with Gasteiger partial charge in [-0.2, -0.15) is 0 Å². The Bertz CT molecular complexity index is 163. The number of rotatable bonds is 4. The van der Waals surface area contributed by atoms with Crippen LogP contribution in [0, 0.1) is 5.92 Å². The molecule has 0 aliphatic rings. The van der Waals surface area contributed by atoms with Crippen molar-refractivity contribution in [2.24, 2.45) is 5.92 Å². The molecule has 0 aromatic heterocycles. The highest BCUT2D eigenvalue weighted by atomic mass is 16.5. The highest BCUT2D eigenvalue weighted by molar-refractivity contribution is 5.73. The van der Waals surface area contributed by atoms with Gasteiger partial charge in [0.1, 0.15) is 0 Å². The molecule has 0 rings (SSSR count). The van der Waals surface area contributed by atoms with Gasteiger partial charge in [0.2, 0.25) is 0 Å². The van der Waals surface area contributed by atoms with Crippen LogP contribution in [0.4, 0.5) is 0 Å².